The number of fused-ring (bicyclic) bond motifs is 1. The minimum Gasteiger partial charge on any atom is -0.454 e. The Morgan fingerprint density at radius 3 is 2.45 bits per heavy atom. The molecule has 1 aromatic heterocycles. The van der Waals surface area contributed by atoms with Crippen LogP contribution in [0.1, 0.15) is 0 Å². The summed E-state index contributed by atoms with van der Waals surface area (Å²) in [4.78, 5) is 24.1. The fourth-order valence-corrected chi connectivity index (χ4v) is 3.79. The number of anilines is 4. The highest BCUT2D eigenvalue weighted by molar-refractivity contribution is 5.75. The van der Waals surface area contributed by atoms with Gasteiger partial charge in [-0.2, -0.15) is 0 Å². The maximum absolute atomic E-state index is 12.0. The third-order valence-electron chi connectivity index (χ3n) is 5.32. The van der Waals surface area contributed by atoms with Crippen LogP contribution in [0.4, 0.5) is 28.7 Å². The van der Waals surface area contributed by atoms with Crippen molar-refractivity contribution in [3.05, 3.63) is 65.0 Å². The number of piperazine rings is 1. The van der Waals surface area contributed by atoms with Crippen LogP contribution in [0.25, 0.3) is 0 Å². The monoisotopic (exact) mass is 420 g/mol. The van der Waals surface area contributed by atoms with Gasteiger partial charge in [0.25, 0.3) is 0 Å². The summed E-state index contributed by atoms with van der Waals surface area (Å²) < 4.78 is 10.7. The molecule has 1 N–H and O–H groups in total. The maximum Gasteiger partial charge on any atom is 0.353 e. The van der Waals surface area contributed by atoms with Gasteiger partial charge in [0.1, 0.15) is 6.33 Å². The predicted octanol–water partition coefficient (Wildman–Crippen LogP) is 3.18. The van der Waals surface area contributed by atoms with Gasteiger partial charge in [0.05, 0.1) is 4.92 Å². The van der Waals surface area contributed by atoms with Crippen molar-refractivity contribution in [1.29, 1.82) is 0 Å². The van der Waals surface area contributed by atoms with Gasteiger partial charge in [-0.15, -0.1) is 0 Å². The number of hydrogen-bond donors (Lipinski definition) is 1. The van der Waals surface area contributed by atoms with Gasteiger partial charge in [-0.05, 0) is 24.3 Å². The second-order valence-electron chi connectivity index (χ2n) is 7.15. The van der Waals surface area contributed by atoms with Gasteiger partial charge in [0, 0.05) is 43.6 Å². The van der Waals surface area contributed by atoms with Crippen molar-refractivity contribution in [1.82, 2.24) is 9.97 Å². The molecule has 5 rings (SSSR count). The highest BCUT2D eigenvalue weighted by Crippen LogP contribution is 2.38. The van der Waals surface area contributed by atoms with E-state index < -0.39 is 4.92 Å². The van der Waals surface area contributed by atoms with E-state index in [1.54, 1.807) is 18.2 Å². The average molecular weight is 420 g/mol. The summed E-state index contributed by atoms with van der Waals surface area (Å²) in [5.41, 5.74) is 1.61. The molecule has 0 spiro atoms. The van der Waals surface area contributed by atoms with Crippen molar-refractivity contribution in [3.8, 4) is 11.5 Å². The number of nitrogens with one attached hydrogen (secondary N) is 1. The quantitative estimate of drug-likeness (QED) is 0.492. The van der Waals surface area contributed by atoms with Gasteiger partial charge < -0.3 is 24.6 Å². The van der Waals surface area contributed by atoms with Crippen LogP contribution < -0.4 is 24.6 Å². The molecular weight excluding hydrogens is 400 g/mol. The van der Waals surface area contributed by atoms with Gasteiger partial charge in [-0.3, -0.25) is 10.1 Å². The highest BCUT2D eigenvalue weighted by Gasteiger charge is 2.29. The van der Waals surface area contributed by atoms with Crippen molar-refractivity contribution in [2.24, 2.45) is 0 Å². The summed E-state index contributed by atoms with van der Waals surface area (Å²) in [5.74, 6) is 1.67. The number of nitro groups is 1. The Bertz CT molecular complexity index is 1100. The van der Waals surface area contributed by atoms with Gasteiger partial charge in [-0.25, -0.2) is 9.97 Å². The molecule has 2 aromatic carbocycles. The maximum atomic E-state index is 12.0. The largest absolute Gasteiger partial charge is 0.454 e. The summed E-state index contributed by atoms with van der Waals surface area (Å²) in [6, 6.07) is 15.4. The molecule has 31 heavy (non-hydrogen) atoms. The highest BCUT2D eigenvalue weighted by atomic mass is 16.7. The zero-order valence-electron chi connectivity index (χ0n) is 16.6. The second-order valence-corrected chi connectivity index (χ2v) is 7.15. The topological polar surface area (TPSA) is 106 Å². The Morgan fingerprint density at radius 1 is 0.935 bits per heavy atom. The number of ether oxygens (including phenoxy) is 2. The van der Waals surface area contributed by atoms with E-state index in [-0.39, 0.29) is 18.3 Å². The SMILES string of the molecule is O=[N+]([O-])c1c(Nc2ccc3c(c2)OCO3)ncnc1N1CCN(c2ccccc2)CC1. The molecule has 2 aliphatic heterocycles. The molecule has 2 aliphatic rings. The van der Waals surface area contributed by atoms with E-state index >= 15 is 0 Å². The Kier molecular flexibility index (Phi) is 4.87. The molecule has 3 aromatic rings. The van der Waals surface area contributed by atoms with Crippen molar-refractivity contribution in [3.63, 3.8) is 0 Å². The zero-order valence-corrected chi connectivity index (χ0v) is 16.6. The molecule has 3 heterocycles. The van der Waals surface area contributed by atoms with Crippen molar-refractivity contribution >= 4 is 28.7 Å². The standard InChI is InChI=1S/C21H20N6O4/c28-27(29)19-20(24-15-6-7-17-18(12-15)31-14-30-17)22-13-23-21(19)26-10-8-25(9-11-26)16-4-2-1-3-5-16/h1-7,12-13H,8-11,14H2,(H,22,23,24). The summed E-state index contributed by atoms with van der Waals surface area (Å²) in [6.07, 6.45) is 1.35. The van der Waals surface area contributed by atoms with Gasteiger partial charge in [-0.1, -0.05) is 18.2 Å². The molecule has 10 heteroatoms. The second kappa shape index (κ2) is 7.98. The van der Waals surface area contributed by atoms with E-state index in [0.717, 1.165) is 18.8 Å². The smallest absolute Gasteiger partial charge is 0.353 e. The van der Waals surface area contributed by atoms with Gasteiger partial charge in [0.2, 0.25) is 18.4 Å². The number of para-hydroxylation sites is 1. The third kappa shape index (κ3) is 3.75. The Labute approximate surface area is 178 Å². The van der Waals surface area contributed by atoms with E-state index in [4.69, 9.17) is 9.47 Å². The molecule has 1 saturated heterocycles. The molecule has 10 nitrogen and oxygen atoms in total. The van der Waals surface area contributed by atoms with E-state index in [1.807, 2.05) is 23.1 Å². The Balaban J connectivity index is 1.38. The number of rotatable bonds is 5. The van der Waals surface area contributed by atoms with Crippen molar-refractivity contribution in [2.45, 2.75) is 0 Å². The predicted molar refractivity (Wildman–Crippen MR) is 115 cm³/mol. The van der Waals surface area contributed by atoms with Crippen LogP contribution >= 0.6 is 0 Å². The van der Waals surface area contributed by atoms with E-state index in [1.165, 1.54) is 6.33 Å². The molecular formula is C21H20N6O4. The molecule has 0 amide bonds. The van der Waals surface area contributed by atoms with Crippen LogP contribution in [0.15, 0.2) is 54.9 Å². The summed E-state index contributed by atoms with van der Waals surface area (Å²) in [7, 11) is 0. The summed E-state index contributed by atoms with van der Waals surface area (Å²) in [6.45, 7) is 2.89. The van der Waals surface area contributed by atoms with E-state index in [2.05, 4.69) is 32.3 Å². The molecule has 1 fully saturated rings. The first-order valence-corrected chi connectivity index (χ1v) is 9.90. The first-order chi connectivity index (χ1) is 15.2. The molecule has 158 valence electrons. The first-order valence-electron chi connectivity index (χ1n) is 9.90. The molecule has 0 atom stereocenters. The number of benzene rings is 2. The van der Waals surface area contributed by atoms with Gasteiger partial charge >= 0.3 is 5.69 Å². The lowest BCUT2D eigenvalue weighted by Crippen LogP contribution is -2.47. The molecule has 0 saturated carbocycles. The fourth-order valence-electron chi connectivity index (χ4n) is 3.79. The summed E-state index contributed by atoms with van der Waals surface area (Å²) in [5, 5.41) is 15.0. The van der Waals surface area contributed by atoms with Crippen LogP contribution in [0.3, 0.4) is 0 Å². The Morgan fingerprint density at radius 2 is 1.68 bits per heavy atom. The molecule has 0 bridgehead atoms. The van der Waals surface area contributed by atoms with Gasteiger partial charge in [0.15, 0.2) is 11.5 Å². The number of hydrogen-bond acceptors (Lipinski definition) is 9. The lowest BCUT2D eigenvalue weighted by molar-refractivity contribution is -0.383. The minimum atomic E-state index is -0.436. The first kappa shape index (κ1) is 18.9. The van der Waals surface area contributed by atoms with Crippen LogP contribution in [0.5, 0.6) is 11.5 Å². The van der Waals surface area contributed by atoms with Crippen molar-refractivity contribution in [2.75, 3.05) is 48.1 Å². The van der Waals surface area contributed by atoms with Crippen LogP contribution in [-0.4, -0.2) is 47.9 Å². The van der Waals surface area contributed by atoms with E-state index in [9.17, 15) is 10.1 Å². The lowest BCUT2D eigenvalue weighted by atomic mass is 10.2. The number of nitrogens with zero attached hydrogens (tertiary/aromatic N) is 5. The molecule has 0 aliphatic carbocycles. The van der Waals surface area contributed by atoms with Crippen LogP contribution in [-0.2, 0) is 0 Å². The van der Waals surface area contributed by atoms with Crippen molar-refractivity contribution < 1.29 is 14.4 Å². The zero-order chi connectivity index (χ0) is 21.2. The van der Waals surface area contributed by atoms with Crippen LogP contribution in [0, 0.1) is 10.1 Å². The summed E-state index contributed by atoms with van der Waals surface area (Å²) >= 11 is 0. The minimum absolute atomic E-state index is 0.138. The fraction of sp³-hybridized carbons (Fsp3) is 0.238. The molecule has 0 unspecified atom stereocenters. The van der Waals surface area contributed by atoms with Crippen LogP contribution in [0.2, 0.25) is 0 Å². The molecule has 0 radical (unpaired) electrons. The Hall–Kier alpha value is -4.08. The van der Waals surface area contributed by atoms with E-state index in [0.29, 0.717) is 36.1 Å². The number of aromatic nitrogens is 2. The lowest BCUT2D eigenvalue weighted by Gasteiger charge is -2.36. The normalized spacial score (nSPS) is 15.1. The third-order valence-corrected chi connectivity index (χ3v) is 5.32. The average Bonchev–Trinajstić information content (AvgIpc) is 3.27.